The molecule has 1 aliphatic rings. The van der Waals surface area contributed by atoms with E-state index in [0.29, 0.717) is 17.4 Å². The molecule has 0 spiro atoms. The lowest BCUT2D eigenvalue weighted by Crippen LogP contribution is -2.40. The molecule has 1 fully saturated rings. The Morgan fingerprint density at radius 2 is 1.77 bits per heavy atom. The van der Waals surface area contributed by atoms with E-state index in [2.05, 4.69) is 54.3 Å². The van der Waals surface area contributed by atoms with Crippen LogP contribution in [0.1, 0.15) is 30.9 Å². The van der Waals surface area contributed by atoms with Gasteiger partial charge in [0.2, 0.25) is 5.89 Å². The van der Waals surface area contributed by atoms with E-state index in [0.717, 1.165) is 38.7 Å². The summed E-state index contributed by atoms with van der Waals surface area (Å²) in [6.45, 7) is 2.15. The predicted octanol–water partition coefficient (Wildman–Crippen LogP) is 5.09. The third-order valence-corrected chi connectivity index (χ3v) is 7.17. The molecule has 0 aliphatic carbocycles. The molecule has 13 heteroatoms. The molecule has 35 heavy (non-hydrogen) atoms. The Morgan fingerprint density at radius 1 is 1.09 bits per heavy atom. The highest BCUT2D eigenvalue weighted by Crippen LogP contribution is 2.33. The van der Waals surface area contributed by atoms with Crippen molar-refractivity contribution in [2.75, 3.05) is 30.8 Å². The summed E-state index contributed by atoms with van der Waals surface area (Å²) < 4.78 is 35.1. The molecule has 1 saturated heterocycles. The molecule has 3 heterocycles. The first-order valence-electron chi connectivity index (χ1n) is 10.6. The number of piperidine rings is 1. The van der Waals surface area contributed by atoms with Crippen molar-refractivity contribution < 1.29 is 28.8 Å². The van der Waals surface area contributed by atoms with Crippen molar-refractivity contribution >= 4 is 29.6 Å². The number of halogens is 2. The van der Waals surface area contributed by atoms with Gasteiger partial charge in [-0.05, 0) is 55.3 Å². The largest absolute Gasteiger partial charge is 0.415 e. The average Bonchev–Trinajstić information content (AvgIpc) is 3.43. The van der Waals surface area contributed by atoms with Crippen LogP contribution in [-0.4, -0.2) is 67.6 Å². The summed E-state index contributed by atoms with van der Waals surface area (Å²) in [6, 6.07) is 14.5. The molecule has 9 nitrogen and oxygen atoms in total. The summed E-state index contributed by atoms with van der Waals surface area (Å²) in [4.78, 5) is 4.47. The van der Waals surface area contributed by atoms with Gasteiger partial charge in [-0.1, -0.05) is 30.1 Å². The number of para-hydroxylation sites is 1. The summed E-state index contributed by atoms with van der Waals surface area (Å²) in [5, 5.41) is 26.0. The SMILES string of the molecule is CO.CSN1CCC(N(SCc2ccc(-c3nnc(C(F)F)o3)cn2)c2ccccc2)CC1.OO. The monoisotopic (exact) mass is 529 g/mol. The Kier molecular flexibility index (Phi) is 12.9. The van der Waals surface area contributed by atoms with Crippen LogP contribution in [-0.2, 0) is 5.75 Å². The van der Waals surface area contributed by atoms with Gasteiger partial charge in [-0.25, -0.2) is 0 Å². The van der Waals surface area contributed by atoms with Crippen molar-refractivity contribution in [3.63, 3.8) is 0 Å². The highest BCUT2D eigenvalue weighted by Gasteiger charge is 2.25. The number of aliphatic hydroxyl groups is 1. The molecule has 0 unspecified atom stereocenters. The van der Waals surface area contributed by atoms with Crippen LogP contribution >= 0.6 is 23.9 Å². The van der Waals surface area contributed by atoms with Gasteiger partial charge < -0.3 is 13.8 Å². The van der Waals surface area contributed by atoms with E-state index in [1.807, 2.05) is 24.1 Å². The number of aromatic nitrogens is 3. The number of benzene rings is 1. The van der Waals surface area contributed by atoms with Gasteiger partial charge in [0.25, 0.3) is 5.89 Å². The maximum Gasteiger partial charge on any atom is 0.314 e. The van der Waals surface area contributed by atoms with Crippen LogP contribution in [0.3, 0.4) is 0 Å². The Bertz CT molecular complexity index is 962. The topological polar surface area (TPSA) is 119 Å². The van der Waals surface area contributed by atoms with Gasteiger partial charge in [-0.15, -0.1) is 10.2 Å². The van der Waals surface area contributed by atoms with Gasteiger partial charge in [0.1, 0.15) is 0 Å². The number of nitrogens with zero attached hydrogens (tertiary/aromatic N) is 5. The summed E-state index contributed by atoms with van der Waals surface area (Å²) in [5.74, 6) is 0.0680. The number of alkyl halides is 2. The first-order valence-corrected chi connectivity index (χ1v) is 12.7. The standard InChI is InChI=1S/C21H23F2N5OS2.CH4O.H2O2/c1-30-27-11-9-18(10-12-27)28(17-5-3-2-4-6-17)31-14-16-8-7-15(13-24-16)20-25-26-21(29-20)19(22)23;2*1-2/h2-8,13,18-19H,9-12,14H2,1H3;2H,1H3;1-2H. The summed E-state index contributed by atoms with van der Waals surface area (Å²) in [5.41, 5.74) is 2.61. The van der Waals surface area contributed by atoms with Crippen molar-refractivity contribution in [1.29, 1.82) is 0 Å². The number of aliphatic hydroxyl groups excluding tert-OH is 1. The van der Waals surface area contributed by atoms with Crippen molar-refractivity contribution in [3.05, 3.63) is 60.2 Å². The molecule has 0 saturated carbocycles. The molecule has 4 rings (SSSR count). The van der Waals surface area contributed by atoms with E-state index in [9.17, 15) is 8.78 Å². The molecular weight excluding hydrogens is 500 g/mol. The Labute approximate surface area is 211 Å². The second kappa shape index (κ2) is 15.7. The fourth-order valence-electron chi connectivity index (χ4n) is 3.44. The van der Waals surface area contributed by atoms with Gasteiger partial charge in [-0.3, -0.25) is 19.8 Å². The van der Waals surface area contributed by atoms with Crippen LogP contribution in [0.4, 0.5) is 14.5 Å². The number of hydrogen-bond acceptors (Lipinski definition) is 11. The lowest BCUT2D eigenvalue weighted by atomic mass is 10.1. The third kappa shape index (κ3) is 8.40. The van der Waals surface area contributed by atoms with Crippen LogP contribution in [0.25, 0.3) is 11.5 Å². The third-order valence-electron chi connectivity index (χ3n) is 5.07. The molecule has 0 bridgehead atoms. The summed E-state index contributed by atoms with van der Waals surface area (Å²) in [6.07, 6.45) is 3.15. The van der Waals surface area contributed by atoms with E-state index < -0.39 is 12.3 Å². The molecular formula is C22H29F2N5O4S2. The van der Waals surface area contributed by atoms with Crippen LogP contribution in [0.5, 0.6) is 0 Å². The quantitative estimate of drug-likeness (QED) is 0.206. The lowest BCUT2D eigenvalue weighted by Gasteiger charge is -2.38. The van der Waals surface area contributed by atoms with E-state index in [1.165, 1.54) is 5.69 Å². The van der Waals surface area contributed by atoms with Gasteiger partial charge in [0.15, 0.2) is 0 Å². The van der Waals surface area contributed by atoms with Crippen molar-refractivity contribution in [2.24, 2.45) is 0 Å². The van der Waals surface area contributed by atoms with Crippen molar-refractivity contribution in [2.45, 2.75) is 31.1 Å². The second-order valence-corrected chi connectivity index (χ2v) is 8.88. The summed E-state index contributed by atoms with van der Waals surface area (Å²) >= 11 is 3.55. The molecule has 3 N–H and O–H groups in total. The Balaban J connectivity index is 0.00000103. The van der Waals surface area contributed by atoms with Gasteiger partial charge in [0.05, 0.1) is 17.0 Å². The lowest BCUT2D eigenvalue weighted by molar-refractivity contribution is -0.176. The maximum absolute atomic E-state index is 12.6. The first-order chi connectivity index (χ1) is 17.1. The van der Waals surface area contributed by atoms with Crippen molar-refractivity contribution in [3.8, 4) is 11.5 Å². The Morgan fingerprint density at radius 3 is 2.31 bits per heavy atom. The van der Waals surface area contributed by atoms with E-state index in [1.54, 1.807) is 24.2 Å². The molecule has 1 aromatic carbocycles. The molecule has 1 aliphatic heterocycles. The average molecular weight is 530 g/mol. The zero-order valence-corrected chi connectivity index (χ0v) is 21.0. The smallest absolute Gasteiger partial charge is 0.314 e. The highest BCUT2D eigenvalue weighted by atomic mass is 32.2. The molecule has 2 aromatic heterocycles. The minimum Gasteiger partial charge on any atom is -0.415 e. The Hall–Kier alpha value is -2.29. The molecule has 192 valence electrons. The van der Waals surface area contributed by atoms with Gasteiger partial charge in [-0.2, -0.15) is 8.78 Å². The zero-order valence-electron chi connectivity index (χ0n) is 19.4. The normalized spacial score (nSPS) is 14.1. The van der Waals surface area contributed by atoms with E-state index in [4.69, 9.17) is 20.0 Å². The molecule has 0 radical (unpaired) electrons. The molecule has 3 aromatic rings. The number of anilines is 1. The second-order valence-electron chi connectivity index (χ2n) is 7.06. The van der Waals surface area contributed by atoms with Crippen LogP contribution in [0.15, 0.2) is 53.1 Å². The molecule has 0 atom stereocenters. The van der Waals surface area contributed by atoms with Crippen LogP contribution in [0.2, 0.25) is 0 Å². The maximum atomic E-state index is 12.6. The zero-order chi connectivity index (χ0) is 25.6. The number of hydrogen-bond donors (Lipinski definition) is 3. The minimum absolute atomic E-state index is 0.0495. The predicted molar refractivity (Wildman–Crippen MR) is 134 cm³/mol. The van der Waals surface area contributed by atoms with Crippen LogP contribution in [0, 0.1) is 0 Å². The fourth-order valence-corrected chi connectivity index (χ4v) is 5.15. The first kappa shape index (κ1) is 28.9. The molecule has 0 amide bonds. The van der Waals surface area contributed by atoms with Gasteiger partial charge in [0, 0.05) is 38.1 Å². The number of pyridine rings is 1. The highest BCUT2D eigenvalue weighted by molar-refractivity contribution is 7.99. The van der Waals surface area contributed by atoms with Gasteiger partial charge >= 0.3 is 6.43 Å². The van der Waals surface area contributed by atoms with E-state index in [-0.39, 0.29) is 5.89 Å². The minimum atomic E-state index is -2.78. The van der Waals surface area contributed by atoms with Crippen molar-refractivity contribution in [1.82, 2.24) is 19.5 Å². The van der Waals surface area contributed by atoms with Crippen LogP contribution < -0.4 is 4.31 Å². The summed E-state index contributed by atoms with van der Waals surface area (Å²) in [7, 11) is 1.00. The number of rotatable bonds is 8. The van der Waals surface area contributed by atoms with E-state index >= 15 is 0 Å². The fraction of sp³-hybridized carbons (Fsp3) is 0.409.